The fraction of sp³-hybridized carbons (Fsp3) is 0.250. The summed E-state index contributed by atoms with van der Waals surface area (Å²) in [5, 5.41) is 0. The summed E-state index contributed by atoms with van der Waals surface area (Å²) in [6.45, 7) is 2.33. The maximum atomic E-state index is 13.7. The van der Waals surface area contributed by atoms with Gasteiger partial charge in [-0.3, -0.25) is 4.79 Å². The summed E-state index contributed by atoms with van der Waals surface area (Å²) in [6, 6.07) is 17.8. The van der Waals surface area contributed by atoms with E-state index in [1.54, 1.807) is 31.2 Å². The number of aryl methyl sites for hydroxylation is 3. The summed E-state index contributed by atoms with van der Waals surface area (Å²) < 4.78 is 24.7. The molecular weight excluding hydrogens is 385 g/mol. The summed E-state index contributed by atoms with van der Waals surface area (Å²) in [7, 11) is 0. The van der Waals surface area contributed by atoms with Crippen LogP contribution in [-0.4, -0.2) is 30.0 Å². The molecule has 2 aromatic carbocycles. The van der Waals surface area contributed by atoms with Crippen LogP contribution in [0.1, 0.15) is 27.2 Å². The molecule has 30 heavy (non-hydrogen) atoms. The smallest absolute Gasteiger partial charge is 0.349 e. The van der Waals surface area contributed by atoms with Gasteiger partial charge in [0.2, 0.25) is 0 Å². The summed E-state index contributed by atoms with van der Waals surface area (Å²) in [6.07, 6.45) is 1.03. The van der Waals surface area contributed by atoms with Crippen LogP contribution in [0.15, 0.2) is 69.9 Å². The molecule has 0 bridgehead atoms. The molecule has 0 aliphatic carbocycles. The van der Waals surface area contributed by atoms with Gasteiger partial charge in [-0.05, 0) is 42.7 Å². The summed E-state index contributed by atoms with van der Waals surface area (Å²) in [5.74, 6) is -0.107. The lowest BCUT2D eigenvalue weighted by atomic mass is 10.0. The Hall–Kier alpha value is -3.41. The molecule has 6 heteroatoms. The first kappa shape index (κ1) is 19.9. The van der Waals surface area contributed by atoms with Crippen LogP contribution in [0.25, 0.3) is 0 Å². The minimum atomic E-state index is -0.624. The summed E-state index contributed by atoms with van der Waals surface area (Å²) >= 11 is 0. The van der Waals surface area contributed by atoms with Crippen molar-refractivity contribution in [1.29, 1.82) is 0 Å². The molecule has 0 saturated carbocycles. The highest BCUT2D eigenvalue weighted by Gasteiger charge is 2.35. The van der Waals surface area contributed by atoms with Gasteiger partial charge in [-0.25, -0.2) is 9.18 Å². The largest absolute Gasteiger partial charge is 0.484 e. The number of rotatable bonds is 6. The number of carbonyl (C=O) groups is 1. The summed E-state index contributed by atoms with van der Waals surface area (Å²) in [5.41, 5.74) is 1.17. The molecule has 0 N–H and O–H groups in total. The number of carbonyl (C=O) groups excluding carboxylic acids is 1. The third kappa shape index (κ3) is 4.27. The zero-order valence-electron chi connectivity index (χ0n) is 16.6. The lowest BCUT2D eigenvalue weighted by Crippen LogP contribution is -2.57. The number of ether oxygens (including phenoxy) is 1. The Kier molecular flexibility index (Phi) is 5.65. The average Bonchev–Trinajstić information content (AvgIpc) is 2.70. The van der Waals surface area contributed by atoms with Crippen molar-refractivity contribution in [1.82, 2.24) is 4.90 Å². The number of likely N-dealkylation sites (tertiary alicyclic amines) is 1. The first-order valence-electron chi connectivity index (χ1n) is 9.89. The Balaban J connectivity index is 1.39. The second-order valence-corrected chi connectivity index (χ2v) is 7.42. The molecule has 1 fully saturated rings. The first-order chi connectivity index (χ1) is 14.5. The number of nitrogens with zero attached hydrogens (tertiary/aromatic N) is 1. The maximum absolute atomic E-state index is 13.7. The number of hydrogen-bond acceptors (Lipinski definition) is 4. The van der Waals surface area contributed by atoms with Crippen LogP contribution in [0.4, 0.5) is 4.39 Å². The van der Waals surface area contributed by atoms with Crippen LogP contribution >= 0.6 is 0 Å². The number of amides is 1. The topological polar surface area (TPSA) is 59.8 Å². The van der Waals surface area contributed by atoms with E-state index < -0.39 is 11.4 Å². The van der Waals surface area contributed by atoms with Crippen molar-refractivity contribution < 1.29 is 18.3 Å². The molecule has 1 saturated heterocycles. The Morgan fingerprint density at radius 2 is 1.80 bits per heavy atom. The van der Waals surface area contributed by atoms with Gasteiger partial charge in [-0.1, -0.05) is 42.5 Å². The number of hydrogen-bond donors (Lipinski definition) is 0. The summed E-state index contributed by atoms with van der Waals surface area (Å²) in [4.78, 5) is 26.7. The van der Waals surface area contributed by atoms with Crippen molar-refractivity contribution in [2.45, 2.75) is 25.9 Å². The Bertz CT molecular complexity index is 1100. The number of para-hydroxylation sites is 1. The van der Waals surface area contributed by atoms with E-state index in [-0.39, 0.29) is 23.3 Å². The van der Waals surface area contributed by atoms with E-state index in [0.717, 1.165) is 12.0 Å². The van der Waals surface area contributed by atoms with E-state index in [9.17, 15) is 14.0 Å². The molecule has 1 amide bonds. The third-order valence-corrected chi connectivity index (χ3v) is 5.18. The third-order valence-electron chi connectivity index (χ3n) is 5.18. The average molecular weight is 407 g/mol. The molecule has 3 aromatic rings. The van der Waals surface area contributed by atoms with Crippen LogP contribution < -0.4 is 10.4 Å². The van der Waals surface area contributed by atoms with Gasteiger partial charge in [-0.2, -0.15) is 0 Å². The Morgan fingerprint density at radius 1 is 1.10 bits per heavy atom. The van der Waals surface area contributed by atoms with Crippen molar-refractivity contribution in [2.24, 2.45) is 0 Å². The zero-order chi connectivity index (χ0) is 21.1. The van der Waals surface area contributed by atoms with Gasteiger partial charge in [0.05, 0.1) is 13.1 Å². The molecule has 0 unspecified atom stereocenters. The van der Waals surface area contributed by atoms with E-state index >= 15 is 0 Å². The van der Waals surface area contributed by atoms with E-state index in [2.05, 4.69) is 0 Å². The molecule has 0 spiro atoms. The quantitative estimate of drug-likeness (QED) is 0.624. The van der Waals surface area contributed by atoms with Crippen molar-refractivity contribution in [3.63, 3.8) is 0 Å². The van der Waals surface area contributed by atoms with E-state index in [1.807, 2.05) is 30.3 Å². The highest BCUT2D eigenvalue weighted by molar-refractivity contribution is 5.95. The van der Waals surface area contributed by atoms with Gasteiger partial charge in [-0.15, -0.1) is 0 Å². The minimum absolute atomic E-state index is 0.0443. The molecule has 1 aliphatic heterocycles. The van der Waals surface area contributed by atoms with E-state index in [4.69, 9.17) is 9.15 Å². The predicted octanol–water partition coefficient (Wildman–Crippen LogP) is 3.78. The maximum Gasteiger partial charge on any atom is 0.349 e. The first-order valence-corrected chi connectivity index (χ1v) is 9.89. The highest BCUT2D eigenvalue weighted by Crippen LogP contribution is 2.22. The van der Waals surface area contributed by atoms with Gasteiger partial charge >= 0.3 is 5.63 Å². The predicted molar refractivity (Wildman–Crippen MR) is 110 cm³/mol. The lowest BCUT2D eigenvalue weighted by molar-refractivity contribution is 0.0159. The van der Waals surface area contributed by atoms with Crippen molar-refractivity contribution in [3.05, 3.63) is 99.4 Å². The fourth-order valence-electron chi connectivity index (χ4n) is 3.52. The van der Waals surface area contributed by atoms with Crippen LogP contribution in [0, 0.1) is 12.7 Å². The molecule has 1 aliphatic rings. The van der Waals surface area contributed by atoms with Crippen molar-refractivity contribution in [2.75, 3.05) is 13.1 Å². The number of benzene rings is 2. The van der Waals surface area contributed by atoms with E-state index in [0.29, 0.717) is 30.8 Å². The van der Waals surface area contributed by atoms with Crippen molar-refractivity contribution >= 4 is 5.91 Å². The van der Waals surface area contributed by atoms with E-state index in [1.165, 1.54) is 11.0 Å². The molecule has 0 radical (unpaired) electrons. The van der Waals surface area contributed by atoms with Crippen molar-refractivity contribution in [3.8, 4) is 5.75 Å². The molecule has 0 atom stereocenters. The SMILES string of the molecule is Cc1cc(CCc2ccccc2)oc(=O)c1C(=O)N1CC(Oc2ccccc2F)C1. The van der Waals surface area contributed by atoms with Gasteiger partial charge in [0, 0.05) is 6.42 Å². The fourth-order valence-corrected chi connectivity index (χ4v) is 3.52. The Morgan fingerprint density at radius 3 is 2.50 bits per heavy atom. The van der Waals surface area contributed by atoms with Crippen LogP contribution in [0.2, 0.25) is 0 Å². The highest BCUT2D eigenvalue weighted by atomic mass is 19.1. The zero-order valence-corrected chi connectivity index (χ0v) is 16.6. The van der Waals surface area contributed by atoms with Crippen LogP contribution in [0.5, 0.6) is 5.75 Å². The minimum Gasteiger partial charge on any atom is -0.484 e. The molecule has 1 aromatic heterocycles. The second-order valence-electron chi connectivity index (χ2n) is 7.42. The van der Waals surface area contributed by atoms with Gasteiger partial charge in [0.25, 0.3) is 5.91 Å². The van der Waals surface area contributed by atoms with Crippen LogP contribution in [0.3, 0.4) is 0 Å². The molecular formula is C24H22FNO4. The van der Waals surface area contributed by atoms with Gasteiger partial charge in [0.15, 0.2) is 11.6 Å². The van der Waals surface area contributed by atoms with Gasteiger partial charge < -0.3 is 14.1 Å². The molecule has 2 heterocycles. The molecule has 5 nitrogen and oxygen atoms in total. The van der Waals surface area contributed by atoms with Gasteiger partial charge in [0.1, 0.15) is 17.4 Å². The molecule has 4 rings (SSSR count). The Labute approximate surface area is 173 Å². The lowest BCUT2D eigenvalue weighted by Gasteiger charge is -2.38. The van der Waals surface area contributed by atoms with Crippen LogP contribution in [-0.2, 0) is 12.8 Å². The monoisotopic (exact) mass is 407 g/mol. The second kappa shape index (κ2) is 8.53. The standard InChI is InChI=1S/C24H22FNO4/c1-16-13-18(12-11-17-7-3-2-4-8-17)30-24(28)22(16)23(27)26-14-19(15-26)29-21-10-6-5-9-20(21)25/h2-10,13,19H,11-12,14-15H2,1H3. The number of halogens is 1. The normalized spacial score (nSPS) is 13.7. The molecule has 154 valence electrons.